The van der Waals surface area contributed by atoms with Crippen LogP contribution in [0.25, 0.3) is 0 Å². The number of guanidine groups is 1. The Bertz CT molecular complexity index is 455. The van der Waals surface area contributed by atoms with Crippen molar-refractivity contribution in [1.29, 1.82) is 0 Å². The van der Waals surface area contributed by atoms with E-state index in [2.05, 4.69) is 47.9 Å². The van der Waals surface area contributed by atoms with Gasteiger partial charge >= 0.3 is 0 Å². The summed E-state index contributed by atoms with van der Waals surface area (Å²) in [6, 6.07) is 10.8. The minimum atomic E-state index is 0.246. The first-order chi connectivity index (χ1) is 10.8. The normalized spacial score (nSPS) is 16.9. The molecule has 0 aromatic heterocycles. The average molecular weight is 303 g/mol. The lowest BCUT2D eigenvalue weighted by Gasteiger charge is -2.41. The molecule has 122 valence electrons. The van der Waals surface area contributed by atoms with Gasteiger partial charge in [-0.2, -0.15) is 0 Å². The molecule has 1 aliphatic carbocycles. The lowest BCUT2D eigenvalue weighted by atomic mass is 9.64. The number of benzene rings is 1. The van der Waals surface area contributed by atoms with Crippen molar-refractivity contribution < 1.29 is 4.74 Å². The minimum absolute atomic E-state index is 0.246. The van der Waals surface area contributed by atoms with Gasteiger partial charge < -0.3 is 15.4 Å². The Morgan fingerprint density at radius 2 is 2.00 bits per heavy atom. The van der Waals surface area contributed by atoms with Gasteiger partial charge in [-0.15, -0.1) is 0 Å². The fourth-order valence-corrected chi connectivity index (χ4v) is 2.93. The van der Waals surface area contributed by atoms with Gasteiger partial charge in [-0.25, -0.2) is 0 Å². The third kappa shape index (κ3) is 4.47. The standard InChI is InChI=1S/C18H29N3O/c1-3-19-17(20-13-8-14-22-2)21-15-18(11-7-12-18)16-9-5-4-6-10-16/h4-6,9-10H,3,7-8,11-15H2,1-2H3,(H2,19,20,21). The van der Waals surface area contributed by atoms with Crippen molar-refractivity contribution >= 4 is 5.96 Å². The summed E-state index contributed by atoms with van der Waals surface area (Å²) in [6.07, 6.45) is 4.78. The number of nitrogens with zero attached hydrogens (tertiary/aromatic N) is 1. The van der Waals surface area contributed by atoms with E-state index < -0.39 is 0 Å². The lowest BCUT2D eigenvalue weighted by molar-refractivity contribution is 0.195. The first-order valence-electron chi connectivity index (χ1n) is 8.37. The molecular formula is C18H29N3O. The number of aliphatic imine (C=N–C) groups is 1. The van der Waals surface area contributed by atoms with Crippen molar-refractivity contribution in [3.05, 3.63) is 35.9 Å². The number of methoxy groups -OCH3 is 1. The van der Waals surface area contributed by atoms with E-state index in [1.165, 1.54) is 24.8 Å². The van der Waals surface area contributed by atoms with E-state index in [9.17, 15) is 0 Å². The van der Waals surface area contributed by atoms with Crippen LogP contribution < -0.4 is 10.6 Å². The maximum atomic E-state index is 5.08. The minimum Gasteiger partial charge on any atom is -0.385 e. The molecule has 0 spiro atoms. The van der Waals surface area contributed by atoms with Crippen molar-refractivity contribution in [1.82, 2.24) is 10.6 Å². The van der Waals surface area contributed by atoms with Crippen LogP contribution in [-0.4, -0.2) is 39.3 Å². The van der Waals surface area contributed by atoms with Crippen molar-refractivity contribution in [3.8, 4) is 0 Å². The third-order valence-corrected chi connectivity index (χ3v) is 4.40. The monoisotopic (exact) mass is 303 g/mol. The highest BCUT2D eigenvalue weighted by atomic mass is 16.5. The fraction of sp³-hybridized carbons (Fsp3) is 0.611. The van der Waals surface area contributed by atoms with Crippen molar-refractivity contribution in [2.24, 2.45) is 4.99 Å². The highest BCUT2D eigenvalue weighted by molar-refractivity contribution is 5.79. The molecule has 4 nitrogen and oxygen atoms in total. The van der Waals surface area contributed by atoms with Crippen LogP contribution in [0.15, 0.2) is 35.3 Å². The zero-order chi connectivity index (χ0) is 15.7. The predicted octanol–water partition coefficient (Wildman–Crippen LogP) is 2.70. The molecule has 1 fully saturated rings. The van der Waals surface area contributed by atoms with Crippen molar-refractivity contribution in [2.45, 2.75) is 38.0 Å². The van der Waals surface area contributed by atoms with Gasteiger partial charge in [0.25, 0.3) is 0 Å². The number of rotatable bonds is 8. The van der Waals surface area contributed by atoms with Gasteiger partial charge in [0.05, 0.1) is 6.54 Å². The lowest BCUT2D eigenvalue weighted by Crippen LogP contribution is -2.42. The topological polar surface area (TPSA) is 45.7 Å². The van der Waals surface area contributed by atoms with Gasteiger partial charge in [-0.1, -0.05) is 36.8 Å². The molecule has 0 bridgehead atoms. The van der Waals surface area contributed by atoms with Crippen LogP contribution in [0.5, 0.6) is 0 Å². The SMILES string of the molecule is CCNC(=NCC1(c2ccccc2)CCC1)NCCCOC. The maximum absolute atomic E-state index is 5.08. The first-order valence-corrected chi connectivity index (χ1v) is 8.37. The molecule has 0 amide bonds. The van der Waals surface area contributed by atoms with Crippen LogP contribution >= 0.6 is 0 Å². The molecule has 4 heteroatoms. The Hall–Kier alpha value is -1.55. The molecule has 1 aromatic carbocycles. The smallest absolute Gasteiger partial charge is 0.191 e. The van der Waals surface area contributed by atoms with E-state index in [1.807, 2.05) is 0 Å². The third-order valence-electron chi connectivity index (χ3n) is 4.40. The molecule has 22 heavy (non-hydrogen) atoms. The zero-order valence-electron chi connectivity index (χ0n) is 13.9. The van der Waals surface area contributed by atoms with Gasteiger partial charge in [0.1, 0.15) is 0 Å². The van der Waals surface area contributed by atoms with Gasteiger partial charge in [0.2, 0.25) is 0 Å². The summed E-state index contributed by atoms with van der Waals surface area (Å²) in [5.41, 5.74) is 1.68. The van der Waals surface area contributed by atoms with Crippen LogP contribution in [0.4, 0.5) is 0 Å². The summed E-state index contributed by atoms with van der Waals surface area (Å²) in [6.45, 7) is 5.51. The summed E-state index contributed by atoms with van der Waals surface area (Å²) in [7, 11) is 1.74. The van der Waals surface area contributed by atoms with Crippen LogP contribution in [0.2, 0.25) is 0 Å². The second-order valence-electron chi connectivity index (χ2n) is 5.97. The van der Waals surface area contributed by atoms with Gasteiger partial charge in [-0.05, 0) is 31.7 Å². The fourth-order valence-electron chi connectivity index (χ4n) is 2.93. The van der Waals surface area contributed by atoms with E-state index in [1.54, 1.807) is 7.11 Å². The van der Waals surface area contributed by atoms with Crippen LogP contribution in [0.3, 0.4) is 0 Å². The van der Waals surface area contributed by atoms with Crippen molar-refractivity contribution in [2.75, 3.05) is 33.4 Å². The number of nitrogens with one attached hydrogen (secondary N) is 2. The molecule has 0 radical (unpaired) electrons. The average Bonchev–Trinajstić information content (AvgIpc) is 2.51. The molecule has 1 aromatic rings. The van der Waals surface area contributed by atoms with E-state index in [4.69, 9.17) is 9.73 Å². The molecule has 0 aliphatic heterocycles. The van der Waals surface area contributed by atoms with E-state index in [0.717, 1.165) is 38.6 Å². The quantitative estimate of drug-likeness (QED) is 0.441. The van der Waals surface area contributed by atoms with Crippen LogP contribution in [-0.2, 0) is 10.2 Å². The molecule has 0 unspecified atom stereocenters. The number of ether oxygens (including phenoxy) is 1. The Balaban J connectivity index is 1.96. The van der Waals surface area contributed by atoms with Gasteiger partial charge in [-0.3, -0.25) is 4.99 Å². The highest BCUT2D eigenvalue weighted by Gasteiger charge is 2.38. The second-order valence-corrected chi connectivity index (χ2v) is 5.97. The Kier molecular flexibility index (Phi) is 6.72. The molecule has 2 rings (SSSR count). The Morgan fingerprint density at radius 3 is 2.59 bits per heavy atom. The molecule has 0 atom stereocenters. The highest BCUT2D eigenvalue weighted by Crippen LogP contribution is 2.43. The summed E-state index contributed by atoms with van der Waals surface area (Å²) < 4.78 is 5.08. The number of hydrogen-bond donors (Lipinski definition) is 2. The molecule has 2 N–H and O–H groups in total. The largest absolute Gasteiger partial charge is 0.385 e. The van der Waals surface area contributed by atoms with Gasteiger partial charge in [0, 0.05) is 32.2 Å². The van der Waals surface area contributed by atoms with Crippen LogP contribution in [0.1, 0.15) is 38.2 Å². The summed E-state index contributed by atoms with van der Waals surface area (Å²) in [5.74, 6) is 0.917. The van der Waals surface area contributed by atoms with E-state index >= 15 is 0 Å². The van der Waals surface area contributed by atoms with Gasteiger partial charge in [0.15, 0.2) is 5.96 Å². The summed E-state index contributed by atoms with van der Waals surface area (Å²) in [4.78, 5) is 4.84. The van der Waals surface area contributed by atoms with Crippen molar-refractivity contribution in [3.63, 3.8) is 0 Å². The summed E-state index contributed by atoms with van der Waals surface area (Å²) >= 11 is 0. The zero-order valence-corrected chi connectivity index (χ0v) is 13.9. The molecule has 0 heterocycles. The molecule has 0 saturated heterocycles. The maximum Gasteiger partial charge on any atom is 0.191 e. The molecule has 1 aliphatic rings. The summed E-state index contributed by atoms with van der Waals surface area (Å²) in [5, 5.41) is 6.72. The van der Waals surface area contributed by atoms with Crippen LogP contribution in [0, 0.1) is 0 Å². The van der Waals surface area contributed by atoms with E-state index in [-0.39, 0.29) is 5.41 Å². The van der Waals surface area contributed by atoms with E-state index in [0.29, 0.717) is 0 Å². The number of hydrogen-bond acceptors (Lipinski definition) is 2. The Morgan fingerprint density at radius 1 is 1.23 bits per heavy atom. The second kappa shape index (κ2) is 8.79. The molecular weight excluding hydrogens is 274 g/mol. The Labute approximate surface area is 134 Å². The molecule has 1 saturated carbocycles. The predicted molar refractivity (Wildman–Crippen MR) is 92.4 cm³/mol. The first kappa shape index (κ1) is 16.8.